The molecule has 1 N–H and O–H groups in total. The number of para-hydroxylation sites is 1. The maximum atomic E-state index is 13.1. The second-order valence-electron chi connectivity index (χ2n) is 8.87. The first-order valence-electron chi connectivity index (χ1n) is 10.7. The van der Waals surface area contributed by atoms with Gasteiger partial charge in [-0.2, -0.15) is 0 Å². The Balaban J connectivity index is 1.86. The first-order chi connectivity index (χ1) is 15.6. The van der Waals surface area contributed by atoms with Gasteiger partial charge in [-0.3, -0.25) is 9.59 Å². The van der Waals surface area contributed by atoms with Gasteiger partial charge >= 0.3 is 5.97 Å². The number of nitrogens with zero attached hydrogens (tertiary/aromatic N) is 1. The van der Waals surface area contributed by atoms with Crippen LogP contribution in [0, 0.1) is 5.41 Å². The number of methoxy groups -OCH3 is 2. The normalized spacial score (nSPS) is 13.7. The Hall–Kier alpha value is -3.55. The standard InChI is InChI=1S/C25H30N2O6/c1-15(22(28)27-12-11-16-9-7-8-10-19(16)27)33-23(29)17-13-20(31-5)21(32-6)14-18(17)26-24(30)25(2,3)4/h7-10,13-15H,11-12H2,1-6H3,(H,26,30). The smallest absolute Gasteiger partial charge is 0.341 e. The molecule has 0 fully saturated rings. The molecule has 0 radical (unpaired) electrons. The molecule has 33 heavy (non-hydrogen) atoms. The zero-order valence-corrected chi connectivity index (χ0v) is 19.9. The lowest BCUT2D eigenvalue weighted by Crippen LogP contribution is -2.39. The van der Waals surface area contributed by atoms with Crippen molar-refractivity contribution < 1.29 is 28.6 Å². The number of hydrogen-bond acceptors (Lipinski definition) is 6. The molecule has 176 valence electrons. The van der Waals surface area contributed by atoms with E-state index in [1.54, 1.807) is 25.7 Å². The summed E-state index contributed by atoms with van der Waals surface area (Å²) in [5.41, 5.74) is 1.49. The lowest BCUT2D eigenvalue weighted by atomic mass is 9.95. The Morgan fingerprint density at radius 2 is 1.67 bits per heavy atom. The Bertz CT molecular complexity index is 1070. The largest absolute Gasteiger partial charge is 0.493 e. The fourth-order valence-electron chi connectivity index (χ4n) is 3.52. The summed E-state index contributed by atoms with van der Waals surface area (Å²) in [6, 6.07) is 10.6. The number of nitrogens with one attached hydrogen (secondary N) is 1. The van der Waals surface area contributed by atoms with Gasteiger partial charge in [-0.05, 0) is 25.0 Å². The molecule has 1 unspecified atom stereocenters. The van der Waals surface area contributed by atoms with Crippen molar-refractivity contribution >= 4 is 29.2 Å². The molecule has 0 saturated heterocycles. The molecule has 1 atom stereocenters. The number of amides is 2. The summed E-state index contributed by atoms with van der Waals surface area (Å²) in [6.07, 6.45) is -0.274. The van der Waals surface area contributed by atoms with Gasteiger partial charge in [0.15, 0.2) is 17.6 Å². The van der Waals surface area contributed by atoms with Crippen LogP contribution in [0.15, 0.2) is 36.4 Å². The molecule has 0 spiro atoms. The van der Waals surface area contributed by atoms with E-state index in [-0.39, 0.29) is 23.1 Å². The molecule has 0 aliphatic carbocycles. The maximum absolute atomic E-state index is 13.1. The third-order valence-electron chi connectivity index (χ3n) is 5.46. The zero-order chi connectivity index (χ0) is 24.3. The van der Waals surface area contributed by atoms with E-state index in [9.17, 15) is 14.4 Å². The third kappa shape index (κ3) is 5.10. The molecule has 0 bridgehead atoms. The fraction of sp³-hybridized carbons (Fsp3) is 0.400. The van der Waals surface area contributed by atoms with Gasteiger partial charge in [0, 0.05) is 29.8 Å². The highest BCUT2D eigenvalue weighted by atomic mass is 16.5. The summed E-state index contributed by atoms with van der Waals surface area (Å²) in [6.45, 7) is 7.35. The van der Waals surface area contributed by atoms with Crippen molar-refractivity contribution in [2.24, 2.45) is 5.41 Å². The van der Waals surface area contributed by atoms with Crippen LogP contribution in [-0.2, 0) is 20.7 Å². The van der Waals surface area contributed by atoms with Gasteiger partial charge in [-0.25, -0.2) is 4.79 Å². The van der Waals surface area contributed by atoms with Gasteiger partial charge in [0.05, 0.1) is 25.5 Å². The van der Waals surface area contributed by atoms with Gasteiger partial charge in [0.1, 0.15) is 0 Å². The second-order valence-corrected chi connectivity index (χ2v) is 8.87. The van der Waals surface area contributed by atoms with Crippen molar-refractivity contribution in [3.05, 3.63) is 47.5 Å². The average Bonchev–Trinajstić information content (AvgIpc) is 3.21. The van der Waals surface area contributed by atoms with Crippen molar-refractivity contribution in [1.82, 2.24) is 0 Å². The van der Waals surface area contributed by atoms with Crippen molar-refractivity contribution in [2.45, 2.75) is 40.2 Å². The summed E-state index contributed by atoms with van der Waals surface area (Å²) in [5.74, 6) is -0.717. The minimum atomic E-state index is -1.03. The molecule has 1 aliphatic rings. The van der Waals surface area contributed by atoms with Gasteiger partial charge in [0.2, 0.25) is 5.91 Å². The molecule has 3 rings (SSSR count). The number of benzene rings is 2. The minimum absolute atomic E-state index is 0.0618. The van der Waals surface area contributed by atoms with Crippen molar-refractivity contribution in [3.8, 4) is 11.5 Å². The van der Waals surface area contributed by atoms with Crippen LogP contribution < -0.4 is 19.7 Å². The van der Waals surface area contributed by atoms with Gasteiger partial charge in [-0.1, -0.05) is 39.0 Å². The number of fused-ring (bicyclic) bond motifs is 1. The maximum Gasteiger partial charge on any atom is 0.341 e. The molecule has 0 saturated carbocycles. The van der Waals surface area contributed by atoms with E-state index in [1.165, 1.54) is 33.3 Å². The minimum Gasteiger partial charge on any atom is -0.493 e. The zero-order valence-electron chi connectivity index (χ0n) is 19.9. The summed E-state index contributed by atoms with van der Waals surface area (Å²) in [5, 5.41) is 2.76. The lowest BCUT2D eigenvalue weighted by Gasteiger charge is -2.23. The molecule has 2 amide bonds. The number of esters is 1. The Labute approximate surface area is 193 Å². The number of rotatable bonds is 6. The molecule has 0 aromatic heterocycles. The van der Waals surface area contributed by atoms with E-state index >= 15 is 0 Å². The first kappa shape index (κ1) is 24.1. The number of hydrogen-bond donors (Lipinski definition) is 1. The van der Waals surface area contributed by atoms with E-state index in [1.807, 2.05) is 24.3 Å². The Morgan fingerprint density at radius 1 is 1.03 bits per heavy atom. The highest BCUT2D eigenvalue weighted by Gasteiger charge is 2.31. The SMILES string of the molecule is COc1cc(NC(=O)C(C)(C)C)c(C(=O)OC(C)C(=O)N2CCc3ccccc32)cc1OC. The molecule has 8 heteroatoms. The van der Waals surface area contributed by atoms with Crippen LogP contribution in [0.3, 0.4) is 0 Å². The average molecular weight is 455 g/mol. The first-order valence-corrected chi connectivity index (χ1v) is 10.7. The van der Waals surface area contributed by atoms with Gasteiger partial charge < -0.3 is 24.4 Å². The fourth-order valence-corrected chi connectivity index (χ4v) is 3.52. The van der Waals surface area contributed by atoms with E-state index < -0.39 is 17.5 Å². The number of carbonyl (C=O) groups is 3. The molecule has 1 aliphatic heterocycles. The van der Waals surface area contributed by atoms with Crippen LogP contribution in [0.1, 0.15) is 43.6 Å². The molecular formula is C25H30N2O6. The molecule has 1 heterocycles. The van der Waals surface area contributed by atoms with E-state index in [0.717, 1.165) is 17.7 Å². The van der Waals surface area contributed by atoms with Gasteiger partial charge in [-0.15, -0.1) is 0 Å². The van der Waals surface area contributed by atoms with E-state index in [4.69, 9.17) is 14.2 Å². The van der Waals surface area contributed by atoms with Crippen LogP contribution >= 0.6 is 0 Å². The quantitative estimate of drug-likeness (QED) is 0.667. The molecular weight excluding hydrogens is 424 g/mol. The summed E-state index contributed by atoms with van der Waals surface area (Å²) in [4.78, 5) is 40.3. The molecule has 2 aromatic carbocycles. The van der Waals surface area contributed by atoms with Crippen molar-refractivity contribution in [3.63, 3.8) is 0 Å². The number of anilines is 2. The summed E-state index contributed by atoms with van der Waals surface area (Å²) in [7, 11) is 2.90. The predicted molar refractivity (Wildman–Crippen MR) is 125 cm³/mol. The van der Waals surface area contributed by atoms with Crippen LogP contribution in [0.5, 0.6) is 11.5 Å². The lowest BCUT2D eigenvalue weighted by molar-refractivity contribution is -0.126. The van der Waals surface area contributed by atoms with Crippen molar-refractivity contribution in [1.29, 1.82) is 0 Å². The van der Waals surface area contributed by atoms with Gasteiger partial charge in [0.25, 0.3) is 5.91 Å². The third-order valence-corrected chi connectivity index (χ3v) is 5.46. The molecule has 2 aromatic rings. The summed E-state index contributed by atoms with van der Waals surface area (Å²) < 4.78 is 16.1. The van der Waals surface area contributed by atoms with Crippen LogP contribution in [0.4, 0.5) is 11.4 Å². The van der Waals surface area contributed by atoms with Crippen molar-refractivity contribution in [2.75, 3.05) is 31.0 Å². The topological polar surface area (TPSA) is 94.2 Å². The monoisotopic (exact) mass is 454 g/mol. The summed E-state index contributed by atoms with van der Waals surface area (Å²) >= 11 is 0. The highest BCUT2D eigenvalue weighted by Crippen LogP contribution is 2.35. The highest BCUT2D eigenvalue weighted by molar-refractivity contribution is 6.05. The van der Waals surface area contributed by atoms with Crippen LogP contribution in [0.25, 0.3) is 0 Å². The van der Waals surface area contributed by atoms with E-state index in [0.29, 0.717) is 18.0 Å². The Kier molecular flexibility index (Phi) is 6.95. The number of ether oxygens (including phenoxy) is 3. The van der Waals surface area contributed by atoms with Crippen LogP contribution in [-0.4, -0.2) is 44.7 Å². The van der Waals surface area contributed by atoms with E-state index in [2.05, 4.69) is 5.32 Å². The number of carbonyl (C=O) groups excluding carboxylic acids is 3. The predicted octanol–water partition coefficient (Wildman–Crippen LogP) is 3.82. The van der Waals surface area contributed by atoms with Crippen LogP contribution in [0.2, 0.25) is 0 Å². The second kappa shape index (κ2) is 9.52. The Morgan fingerprint density at radius 3 is 2.30 bits per heavy atom. The molecule has 8 nitrogen and oxygen atoms in total.